The van der Waals surface area contributed by atoms with Crippen LogP contribution in [-0.4, -0.2) is 22.9 Å². The summed E-state index contributed by atoms with van der Waals surface area (Å²) in [6, 6.07) is 0. The Kier molecular flexibility index (Phi) is 2.13. The van der Waals surface area contributed by atoms with Crippen molar-refractivity contribution in [3.8, 4) is 0 Å². The molecular weight excluding hydrogens is 163 g/mol. The van der Waals surface area contributed by atoms with Gasteiger partial charge in [0.15, 0.2) is 6.16 Å². The Balaban J connectivity index is 2.78. The Morgan fingerprint density at radius 2 is 2.18 bits per heavy atom. The second-order valence-corrected chi connectivity index (χ2v) is 5.40. The van der Waals surface area contributed by atoms with E-state index in [2.05, 4.69) is 0 Å². The summed E-state index contributed by atoms with van der Waals surface area (Å²) in [7, 11) is -1.72. The van der Waals surface area contributed by atoms with Crippen LogP contribution in [0.3, 0.4) is 0 Å². The van der Waals surface area contributed by atoms with Gasteiger partial charge in [-0.2, -0.15) is 0 Å². The molecule has 11 heavy (non-hydrogen) atoms. The first-order valence-corrected chi connectivity index (χ1v) is 5.08. The van der Waals surface area contributed by atoms with Crippen LogP contribution in [0.25, 0.3) is 0 Å². The summed E-state index contributed by atoms with van der Waals surface area (Å²) in [5, 5.41) is 9.05. The van der Waals surface area contributed by atoms with Gasteiger partial charge in [-0.25, -0.2) is 0 Å². The lowest BCUT2D eigenvalue weighted by Gasteiger charge is -2.22. The molecule has 1 heterocycles. The van der Waals surface area contributed by atoms with Crippen LogP contribution in [0.1, 0.15) is 20.3 Å². The molecule has 3 nitrogen and oxygen atoms in total. The average molecular weight is 175 g/mol. The fourth-order valence-corrected chi connectivity index (χ4v) is 2.83. The molecule has 0 saturated carbocycles. The van der Waals surface area contributed by atoms with Crippen LogP contribution in [0, 0.1) is 5.41 Å². The van der Waals surface area contributed by atoms with Crippen LogP contribution in [0.2, 0.25) is 0 Å². The van der Waals surface area contributed by atoms with Gasteiger partial charge in [0.1, 0.15) is 0 Å². The second kappa shape index (κ2) is 2.65. The molecule has 1 saturated heterocycles. The largest absolute Gasteiger partial charge is 0.378 e. The number of ketones is 1. The number of carbonyl (C=O) groups is 1. The van der Waals surface area contributed by atoms with E-state index in [-0.39, 0.29) is 11.2 Å². The maximum Gasteiger partial charge on any atom is 0.378 e. The standard InChI is InChI=1S/C7H12O3P/c1-7(2)3-5(8)6(9)11(10)4-7/h6,9H,3-4H2,1-2H3/q+1. The van der Waals surface area contributed by atoms with Crippen LogP contribution in [0.4, 0.5) is 0 Å². The molecule has 1 fully saturated rings. The van der Waals surface area contributed by atoms with Gasteiger partial charge in [0, 0.05) is 11.8 Å². The molecule has 0 aromatic heterocycles. The van der Waals surface area contributed by atoms with E-state index < -0.39 is 13.6 Å². The van der Waals surface area contributed by atoms with Gasteiger partial charge in [0.2, 0.25) is 5.78 Å². The number of rotatable bonds is 0. The number of carbonyl (C=O) groups excluding carboxylic acids is 1. The second-order valence-electron chi connectivity index (χ2n) is 3.76. The van der Waals surface area contributed by atoms with Crippen molar-refractivity contribution in [1.82, 2.24) is 0 Å². The van der Waals surface area contributed by atoms with Crippen molar-refractivity contribution in [3.05, 3.63) is 0 Å². The molecule has 2 atom stereocenters. The van der Waals surface area contributed by atoms with Crippen molar-refractivity contribution >= 4 is 13.6 Å². The smallest absolute Gasteiger partial charge is 0.345 e. The molecule has 0 aromatic carbocycles. The minimum atomic E-state index is -1.72. The highest BCUT2D eigenvalue weighted by Crippen LogP contribution is 2.43. The number of aliphatic hydroxyl groups is 1. The van der Waals surface area contributed by atoms with Crippen LogP contribution in [-0.2, 0) is 9.36 Å². The summed E-state index contributed by atoms with van der Waals surface area (Å²) in [5.41, 5.74) is -0.191. The number of hydrogen-bond acceptors (Lipinski definition) is 3. The van der Waals surface area contributed by atoms with Crippen molar-refractivity contribution < 1.29 is 14.5 Å². The lowest BCUT2D eigenvalue weighted by atomic mass is 9.89. The Morgan fingerprint density at radius 1 is 1.64 bits per heavy atom. The zero-order chi connectivity index (χ0) is 8.65. The molecule has 1 aliphatic heterocycles. The highest BCUT2D eigenvalue weighted by Gasteiger charge is 2.47. The molecule has 1 rings (SSSR count). The number of aliphatic hydroxyl groups excluding tert-OH is 1. The monoisotopic (exact) mass is 175 g/mol. The zero-order valence-electron chi connectivity index (χ0n) is 6.70. The van der Waals surface area contributed by atoms with E-state index in [1.807, 2.05) is 13.8 Å². The Hall–Kier alpha value is -0.270. The van der Waals surface area contributed by atoms with Gasteiger partial charge in [-0.3, -0.25) is 4.79 Å². The van der Waals surface area contributed by atoms with Gasteiger partial charge < -0.3 is 5.11 Å². The fourth-order valence-electron chi connectivity index (χ4n) is 1.29. The molecular formula is C7H12O3P+. The minimum absolute atomic E-state index is 0.191. The van der Waals surface area contributed by atoms with Gasteiger partial charge in [-0.15, -0.1) is 0 Å². The molecule has 0 radical (unpaired) electrons. The van der Waals surface area contributed by atoms with E-state index in [9.17, 15) is 9.36 Å². The molecule has 4 heteroatoms. The van der Waals surface area contributed by atoms with Crippen molar-refractivity contribution in [3.63, 3.8) is 0 Å². The van der Waals surface area contributed by atoms with Crippen molar-refractivity contribution in [2.24, 2.45) is 5.41 Å². The van der Waals surface area contributed by atoms with E-state index in [4.69, 9.17) is 5.11 Å². The third-order valence-electron chi connectivity index (χ3n) is 1.80. The third-order valence-corrected chi connectivity index (χ3v) is 3.80. The Labute approximate surface area is 66.6 Å². The van der Waals surface area contributed by atoms with E-state index in [0.29, 0.717) is 12.6 Å². The Bertz CT molecular complexity index is 190. The number of hydrogen-bond donors (Lipinski definition) is 1. The first-order chi connectivity index (χ1) is 4.92. The van der Waals surface area contributed by atoms with Crippen LogP contribution in [0.15, 0.2) is 0 Å². The molecule has 1 aliphatic rings. The molecule has 0 aliphatic carbocycles. The summed E-state index contributed by atoms with van der Waals surface area (Å²) < 4.78 is 11.1. The predicted molar refractivity (Wildman–Crippen MR) is 41.9 cm³/mol. The van der Waals surface area contributed by atoms with E-state index in [1.54, 1.807) is 0 Å². The van der Waals surface area contributed by atoms with Gasteiger partial charge in [-0.1, -0.05) is 18.4 Å². The normalized spacial score (nSPS) is 33.9. The summed E-state index contributed by atoms with van der Waals surface area (Å²) in [6.45, 7) is 3.79. The Morgan fingerprint density at radius 3 is 2.64 bits per heavy atom. The minimum Gasteiger partial charge on any atom is -0.345 e. The summed E-state index contributed by atoms with van der Waals surface area (Å²) >= 11 is 0. The summed E-state index contributed by atoms with van der Waals surface area (Å²) in [4.78, 5) is 11.0. The zero-order valence-corrected chi connectivity index (χ0v) is 7.60. The predicted octanol–water partition coefficient (Wildman–Crippen LogP) is 1.13. The fraction of sp³-hybridized carbons (Fsp3) is 0.857. The van der Waals surface area contributed by atoms with Crippen LogP contribution in [0.5, 0.6) is 0 Å². The van der Waals surface area contributed by atoms with E-state index >= 15 is 0 Å². The molecule has 0 amide bonds. The first-order valence-electron chi connectivity index (χ1n) is 3.57. The van der Waals surface area contributed by atoms with E-state index in [1.165, 1.54) is 0 Å². The lowest BCUT2D eigenvalue weighted by molar-refractivity contribution is -0.125. The van der Waals surface area contributed by atoms with Crippen molar-refractivity contribution in [1.29, 1.82) is 0 Å². The topological polar surface area (TPSA) is 54.4 Å². The lowest BCUT2D eigenvalue weighted by Crippen LogP contribution is -2.32. The van der Waals surface area contributed by atoms with Gasteiger partial charge in [0.05, 0.1) is 0 Å². The van der Waals surface area contributed by atoms with Crippen LogP contribution < -0.4 is 0 Å². The first kappa shape index (κ1) is 8.82. The summed E-state index contributed by atoms with van der Waals surface area (Å²) in [5.74, 6) is -1.47. The average Bonchev–Trinajstić information content (AvgIpc) is 1.81. The molecule has 2 unspecified atom stereocenters. The van der Waals surface area contributed by atoms with Gasteiger partial charge in [0.25, 0.3) is 0 Å². The van der Waals surface area contributed by atoms with E-state index in [0.717, 1.165) is 0 Å². The molecule has 0 spiro atoms. The molecule has 1 N–H and O–H groups in total. The van der Waals surface area contributed by atoms with Gasteiger partial charge in [-0.05, 0) is 0 Å². The maximum absolute atomic E-state index is 11.1. The van der Waals surface area contributed by atoms with Crippen molar-refractivity contribution in [2.45, 2.75) is 26.1 Å². The quantitative estimate of drug-likeness (QED) is 0.561. The maximum atomic E-state index is 11.1. The van der Waals surface area contributed by atoms with Crippen molar-refractivity contribution in [2.75, 3.05) is 6.16 Å². The SMILES string of the molecule is CC1(C)CC(=O)C(O)[P+](=O)C1. The molecule has 0 aromatic rings. The molecule has 0 bridgehead atoms. The van der Waals surface area contributed by atoms with Crippen LogP contribution >= 0.6 is 7.80 Å². The highest BCUT2D eigenvalue weighted by molar-refractivity contribution is 7.46. The third kappa shape index (κ3) is 1.85. The van der Waals surface area contributed by atoms with Gasteiger partial charge >= 0.3 is 13.6 Å². The highest BCUT2D eigenvalue weighted by atomic mass is 31.1. The molecule has 62 valence electrons. The number of Topliss-reactive ketones (excluding diaryl/α,β-unsaturated/α-hetero) is 1. The summed E-state index contributed by atoms with van der Waals surface area (Å²) in [6.07, 6.45) is 0.796.